The molecule has 0 aromatic heterocycles. The Bertz CT molecular complexity index is 476. The van der Waals surface area contributed by atoms with Crippen LogP contribution in [0.15, 0.2) is 4.40 Å². The highest BCUT2D eigenvalue weighted by Crippen LogP contribution is 2.43. The molecule has 0 bridgehead atoms. The molecule has 1 N–H and O–H groups in total. The average molecular weight is 330 g/mol. The van der Waals surface area contributed by atoms with Crippen molar-refractivity contribution >= 4 is 23.2 Å². The van der Waals surface area contributed by atoms with Crippen LogP contribution in [0.5, 0.6) is 0 Å². The van der Waals surface area contributed by atoms with Crippen LogP contribution in [0.25, 0.3) is 0 Å². The van der Waals surface area contributed by atoms with Crippen molar-refractivity contribution in [3.8, 4) is 0 Å². The van der Waals surface area contributed by atoms with Crippen molar-refractivity contribution in [1.82, 2.24) is 4.90 Å². The molecule has 22 heavy (non-hydrogen) atoms. The molecule has 0 radical (unpaired) electrons. The third kappa shape index (κ3) is 3.26. The third-order valence-corrected chi connectivity index (χ3v) is 5.72. The maximum atomic E-state index is 12.5. The fraction of sp³-hybridized carbons (Fsp3) is 0.867. The molecular weight excluding hydrogens is 304 g/mol. The average Bonchev–Trinajstić information content (AvgIpc) is 2.63. The molecule has 2 aliphatic heterocycles. The van der Waals surface area contributed by atoms with Crippen molar-refractivity contribution in [2.24, 2.45) is 9.81 Å². The van der Waals surface area contributed by atoms with Gasteiger partial charge in [0.2, 0.25) is 0 Å². The first-order valence-corrected chi connectivity index (χ1v) is 8.72. The van der Waals surface area contributed by atoms with Crippen molar-refractivity contribution < 1.29 is 19.2 Å². The minimum absolute atomic E-state index is 0.272. The van der Waals surface area contributed by atoms with Gasteiger partial charge in [0.1, 0.15) is 27.4 Å². The van der Waals surface area contributed by atoms with Gasteiger partial charge in [-0.05, 0) is 33.6 Å². The monoisotopic (exact) mass is 330 g/mol. The second kappa shape index (κ2) is 5.69. The van der Waals surface area contributed by atoms with Gasteiger partial charge in [-0.3, -0.25) is 0 Å². The molecule has 2 fully saturated rings. The molecule has 126 valence electrons. The van der Waals surface area contributed by atoms with Gasteiger partial charge in [0.25, 0.3) is 0 Å². The normalized spacial score (nSPS) is 27.4. The van der Waals surface area contributed by atoms with Gasteiger partial charge in [-0.1, -0.05) is 18.2 Å². The summed E-state index contributed by atoms with van der Waals surface area (Å²) in [4.78, 5) is 12.5. The lowest BCUT2D eigenvalue weighted by molar-refractivity contribution is -0.0156. The van der Waals surface area contributed by atoms with Crippen molar-refractivity contribution in [2.75, 3.05) is 19.7 Å². The first-order valence-electron chi connectivity index (χ1n) is 7.61. The third-order valence-electron chi connectivity index (χ3n) is 4.32. The SMILES string of the molecule is CC1(C)COC2(CCN(C(=O)O)CC2)C1=N[S@@+]([O-])C(C)(C)C. The van der Waals surface area contributed by atoms with Crippen LogP contribution in [-0.4, -0.2) is 56.4 Å². The summed E-state index contributed by atoms with van der Waals surface area (Å²) in [6.45, 7) is 11.2. The van der Waals surface area contributed by atoms with Gasteiger partial charge >= 0.3 is 6.09 Å². The van der Waals surface area contributed by atoms with Crippen LogP contribution in [0.1, 0.15) is 47.5 Å². The van der Waals surface area contributed by atoms with E-state index in [-0.39, 0.29) is 5.41 Å². The number of carboxylic acid groups (broad SMARTS) is 1. The van der Waals surface area contributed by atoms with Gasteiger partial charge in [0, 0.05) is 18.5 Å². The van der Waals surface area contributed by atoms with Crippen molar-refractivity contribution in [1.29, 1.82) is 0 Å². The van der Waals surface area contributed by atoms with Gasteiger partial charge < -0.3 is 19.3 Å². The maximum absolute atomic E-state index is 12.5. The minimum atomic E-state index is -1.34. The van der Waals surface area contributed by atoms with Crippen LogP contribution in [0, 0.1) is 5.41 Å². The van der Waals surface area contributed by atoms with Gasteiger partial charge in [-0.2, -0.15) is 0 Å². The highest BCUT2D eigenvalue weighted by molar-refractivity contribution is 7.91. The zero-order valence-corrected chi connectivity index (χ0v) is 14.8. The topological polar surface area (TPSA) is 85.2 Å². The van der Waals surface area contributed by atoms with Crippen LogP contribution in [0.3, 0.4) is 0 Å². The lowest BCUT2D eigenvalue weighted by Crippen LogP contribution is -2.51. The smallest absolute Gasteiger partial charge is 0.407 e. The molecule has 1 amide bonds. The Hall–Kier alpha value is -0.790. The summed E-state index contributed by atoms with van der Waals surface area (Å²) in [7, 11) is 0. The number of amides is 1. The van der Waals surface area contributed by atoms with Crippen molar-refractivity contribution in [3.05, 3.63) is 0 Å². The quantitative estimate of drug-likeness (QED) is 0.748. The molecule has 2 rings (SSSR count). The molecule has 0 aromatic carbocycles. The zero-order chi connectivity index (χ0) is 16.8. The van der Waals surface area contributed by atoms with E-state index in [4.69, 9.17) is 9.84 Å². The highest BCUT2D eigenvalue weighted by Gasteiger charge is 2.54. The summed E-state index contributed by atoms with van der Waals surface area (Å²) >= 11 is -1.34. The Morgan fingerprint density at radius 2 is 1.91 bits per heavy atom. The van der Waals surface area contributed by atoms with E-state index < -0.39 is 27.8 Å². The fourth-order valence-electron chi connectivity index (χ4n) is 2.94. The van der Waals surface area contributed by atoms with Gasteiger partial charge in [-0.15, -0.1) is 0 Å². The Morgan fingerprint density at radius 1 is 1.36 bits per heavy atom. The number of hydrogen-bond donors (Lipinski definition) is 1. The summed E-state index contributed by atoms with van der Waals surface area (Å²) < 4.78 is 22.7. The number of piperidine rings is 1. The molecule has 2 saturated heterocycles. The molecule has 1 atom stereocenters. The van der Waals surface area contributed by atoms with Crippen LogP contribution in [0.2, 0.25) is 0 Å². The molecule has 0 aliphatic carbocycles. The maximum Gasteiger partial charge on any atom is 0.407 e. The molecule has 0 unspecified atom stereocenters. The Morgan fingerprint density at radius 3 is 2.36 bits per heavy atom. The van der Waals surface area contributed by atoms with E-state index in [1.807, 2.05) is 34.6 Å². The molecule has 0 saturated carbocycles. The summed E-state index contributed by atoms with van der Waals surface area (Å²) in [5.74, 6) is 0. The van der Waals surface area contributed by atoms with E-state index in [0.29, 0.717) is 32.5 Å². The van der Waals surface area contributed by atoms with E-state index in [0.717, 1.165) is 5.71 Å². The lowest BCUT2D eigenvalue weighted by Gasteiger charge is -2.38. The van der Waals surface area contributed by atoms with Crippen LogP contribution >= 0.6 is 0 Å². The molecule has 2 aliphatic rings. The van der Waals surface area contributed by atoms with E-state index >= 15 is 0 Å². The Kier molecular flexibility index (Phi) is 4.54. The number of rotatable bonds is 1. The molecule has 6 nitrogen and oxygen atoms in total. The van der Waals surface area contributed by atoms with Crippen molar-refractivity contribution in [2.45, 2.75) is 57.8 Å². The summed E-state index contributed by atoms with van der Waals surface area (Å²) in [5, 5.41) is 9.10. The number of ether oxygens (including phenoxy) is 1. The van der Waals surface area contributed by atoms with Gasteiger partial charge in [0.15, 0.2) is 0 Å². The largest absolute Gasteiger partial charge is 0.591 e. The van der Waals surface area contributed by atoms with Gasteiger partial charge in [-0.25, -0.2) is 4.79 Å². The fourth-order valence-corrected chi connectivity index (χ4v) is 3.79. The molecule has 7 heteroatoms. The Labute approximate surface area is 135 Å². The van der Waals surface area contributed by atoms with Crippen molar-refractivity contribution in [3.63, 3.8) is 0 Å². The summed E-state index contributed by atoms with van der Waals surface area (Å²) in [6, 6.07) is 0. The van der Waals surface area contributed by atoms with E-state index in [1.165, 1.54) is 4.90 Å². The first kappa shape index (κ1) is 17.6. The summed E-state index contributed by atoms with van der Waals surface area (Å²) in [5.41, 5.74) is 0.00107. The lowest BCUT2D eigenvalue weighted by atomic mass is 9.77. The van der Waals surface area contributed by atoms with Crippen LogP contribution in [0.4, 0.5) is 4.79 Å². The standard InChI is InChI=1S/C15H26N2O4S/c1-13(2,3)22(20)16-11-14(4,5)10-21-15(11)6-8-17(9-7-15)12(18)19/h6-10H2,1-5H3,(H,18,19)/t22-/m0/s1. The summed E-state index contributed by atoms with van der Waals surface area (Å²) in [6.07, 6.45) is 0.245. The highest BCUT2D eigenvalue weighted by atomic mass is 32.2. The number of hydrogen-bond acceptors (Lipinski definition) is 4. The molecule has 2 heterocycles. The minimum Gasteiger partial charge on any atom is -0.591 e. The second-order valence-corrected chi connectivity index (χ2v) is 9.64. The zero-order valence-electron chi connectivity index (χ0n) is 14.0. The molecule has 1 spiro atoms. The molecular formula is C15H26N2O4S. The van der Waals surface area contributed by atoms with E-state index in [2.05, 4.69) is 4.40 Å². The predicted molar refractivity (Wildman–Crippen MR) is 86.6 cm³/mol. The van der Waals surface area contributed by atoms with Gasteiger partial charge in [0.05, 0.1) is 6.61 Å². The number of nitrogens with zero attached hydrogens (tertiary/aromatic N) is 2. The second-order valence-electron chi connectivity index (χ2n) is 7.74. The van der Waals surface area contributed by atoms with Crippen LogP contribution < -0.4 is 0 Å². The van der Waals surface area contributed by atoms with E-state index in [9.17, 15) is 9.35 Å². The number of likely N-dealkylation sites (tertiary alicyclic amines) is 1. The Balaban J connectivity index is 2.28. The van der Waals surface area contributed by atoms with Crippen LogP contribution in [-0.2, 0) is 16.1 Å². The molecule has 0 aromatic rings. The van der Waals surface area contributed by atoms with E-state index in [1.54, 1.807) is 0 Å². The first-order chi connectivity index (χ1) is 9.98. The number of carbonyl (C=O) groups is 1. The predicted octanol–water partition coefficient (Wildman–Crippen LogP) is 2.46.